The Balaban J connectivity index is 2.37. The van der Waals surface area contributed by atoms with E-state index in [1.807, 2.05) is 0 Å². The van der Waals surface area contributed by atoms with E-state index in [1.165, 1.54) is 19.2 Å². The zero-order chi connectivity index (χ0) is 15.6. The fraction of sp³-hybridized carbons (Fsp3) is 0.0769. The van der Waals surface area contributed by atoms with Gasteiger partial charge < -0.3 is 5.32 Å². The lowest BCUT2D eigenvalue weighted by Crippen LogP contribution is -2.15. The predicted molar refractivity (Wildman–Crippen MR) is 77.7 cm³/mol. The molecular formula is C13H9BrFN3O3. The number of carbonyl (C=O) groups is 1. The van der Waals surface area contributed by atoms with Crippen LogP contribution in [0.1, 0.15) is 15.9 Å². The van der Waals surface area contributed by atoms with Crippen LogP contribution >= 0.6 is 15.9 Å². The van der Waals surface area contributed by atoms with Crippen LogP contribution in [-0.4, -0.2) is 15.8 Å². The van der Waals surface area contributed by atoms with E-state index in [-0.39, 0.29) is 17.1 Å². The van der Waals surface area contributed by atoms with Gasteiger partial charge in [-0.3, -0.25) is 14.9 Å². The van der Waals surface area contributed by atoms with Crippen molar-refractivity contribution in [3.63, 3.8) is 0 Å². The molecule has 0 aliphatic carbocycles. The quantitative estimate of drug-likeness (QED) is 0.676. The van der Waals surface area contributed by atoms with Crippen molar-refractivity contribution in [2.45, 2.75) is 6.92 Å². The number of amides is 1. The number of nitro benzene ring substituents is 1. The van der Waals surface area contributed by atoms with Crippen LogP contribution < -0.4 is 5.32 Å². The molecule has 21 heavy (non-hydrogen) atoms. The maximum absolute atomic E-state index is 14.0. The first kappa shape index (κ1) is 15.0. The van der Waals surface area contributed by atoms with Crippen LogP contribution in [0.3, 0.4) is 0 Å². The van der Waals surface area contributed by atoms with Crippen LogP contribution in [0.4, 0.5) is 15.9 Å². The number of anilines is 1. The molecule has 0 bridgehead atoms. The fourth-order valence-electron chi connectivity index (χ4n) is 1.68. The molecule has 0 fully saturated rings. The molecule has 1 heterocycles. The van der Waals surface area contributed by atoms with Gasteiger partial charge in [0.1, 0.15) is 11.6 Å². The zero-order valence-electron chi connectivity index (χ0n) is 10.8. The molecule has 0 aliphatic rings. The number of hydrogen-bond acceptors (Lipinski definition) is 4. The summed E-state index contributed by atoms with van der Waals surface area (Å²) < 4.78 is 14.6. The van der Waals surface area contributed by atoms with Crippen molar-refractivity contribution >= 4 is 33.3 Å². The molecular weight excluding hydrogens is 345 g/mol. The van der Waals surface area contributed by atoms with Crippen molar-refractivity contribution in [2.24, 2.45) is 0 Å². The molecule has 6 nitrogen and oxygen atoms in total. The number of nitrogens with zero attached hydrogens (tertiary/aromatic N) is 2. The number of nitro groups is 1. The summed E-state index contributed by atoms with van der Waals surface area (Å²) in [6.07, 6.45) is 1.45. The smallest absolute Gasteiger partial charge is 0.270 e. The van der Waals surface area contributed by atoms with Crippen LogP contribution in [0, 0.1) is 22.9 Å². The first-order valence-corrected chi connectivity index (χ1v) is 6.55. The molecule has 2 aromatic rings. The minimum Gasteiger partial charge on any atom is -0.306 e. The van der Waals surface area contributed by atoms with Crippen LogP contribution in [0.2, 0.25) is 0 Å². The molecule has 0 spiro atoms. The molecule has 108 valence electrons. The summed E-state index contributed by atoms with van der Waals surface area (Å²) in [6.45, 7) is 1.36. The highest BCUT2D eigenvalue weighted by Gasteiger charge is 2.20. The van der Waals surface area contributed by atoms with Gasteiger partial charge in [-0.2, -0.15) is 0 Å². The van der Waals surface area contributed by atoms with E-state index in [0.717, 1.165) is 12.1 Å². The topological polar surface area (TPSA) is 85.1 Å². The second kappa shape index (κ2) is 5.96. The van der Waals surface area contributed by atoms with E-state index >= 15 is 0 Å². The van der Waals surface area contributed by atoms with E-state index in [0.29, 0.717) is 4.47 Å². The molecule has 0 aliphatic heterocycles. The molecule has 2 rings (SSSR count). The molecule has 0 saturated heterocycles. The van der Waals surface area contributed by atoms with E-state index in [9.17, 15) is 19.3 Å². The van der Waals surface area contributed by atoms with Gasteiger partial charge in [-0.1, -0.05) is 15.9 Å². The summed E-state index contributed by atoms with van der Waals surface area (Å²) in [5, 5.41) is 13.2. The van der Waals surface area contributed by atoms with Gasteiger partial charge in [0.25, 0.3) is 11.6 Å². The van der Waals surface area contributed by atoms with E-state index in [4.69, 9.17) is 0 Å². The summed E-state index contributed by atoms with van der Waals surface area (Å²) in [6, 6.07) is 5.16. The lowest BCUT2D eigenvalue weighted by molar-refractivity contribution is -0.385. The first-order valence-electron chi connectivity index (χ1n) is 5.76. The summed E-state index contributed by atoms with van der Waals surface area (Å²) in [7, 11) is 0. The summed E-state index contributed by atoms with van der Waals surface area (Å²) in [5.41, 5.74) is -0.721. The summed E-state index contributed by atoms with van der Waals surface area (Å²) in [4.78, 5) is 26.0. The number of aromatic nitrogens is 1. The van der Waals surface area contributed by atoms with Crippen molar-refractivity contribution < 1.29 is 14.1 Å². The number of pyridine rings is 1. The highest BCUT2D eigenvalue weighted by atomic mass is 79.9. The number of rotatable bonds is 3. The summed E-state index contributed by atoms with van der Waals surface area (Å²) in [5.74, 6) is -1.39. The van der Waals surface area contributed by atoms with E-state index < -0.39 is 22.2 Å². The molecule has 1 N–H and O–H groups in total. The molecule has 0 radical (unpaired) electrons. The number of carbonyl (C=O) groups excluding carboxylic acids is 1. The second-order valence-corrected chi connectivity index (χ2v) is 5.11. The Kier molecular flexibility index (Phi) is 4.27. The Labute approximate surface area is 127 Å². The van der Waals surface area contributed by atoms with Crippen LogP contribution in [-0.2, 0) is 0 Å². The van der Waals surface area contributed by atoms with Crippen molar-refractivity contribution in [3.05, 3.63) is 62.0 Å². The standard InChI is InChI=1S/C13H9BrFN3O3/c1-7-4-9(18(20)21)6-10(12(7)15)13(19)17-11-5-8(14)2-3-16-11/h2-6H,1H3,(H,16,17,19). The Morgan fingerprint density at radius 3 is 2.76 bits per heavy atom. The molecule has 1 aromatic carbocycles. The van der Waals surface area contributed by atoms with Gasteiger partial charge in [-0.05, 0) is 24.6 Å². The average molecular weight is 354 g/mol. The van der Waals surface area contributed by atoms with Crippen LogP contribution in [0.25, 0.3) is 0 Å². The maximum atomic E-state index is 14.0. The molecule has 8 heteroatoms. The SMILES string of the molecule is Cc1cc([N+](=O)[O-])cc(C(=O)Nc2cc(Br)ccn2)c1F. The fourth-order valence-corrected chi connectivity index (χ4v) is 2.01. The van der Waals surface area contributed by atoms with E-state index in [2.05, 4.69) is 26.2 Å². The number of non-ortho nitro benzene ring substituents is 1. The molecule has 0 atom stereocenters. The number of aryl methyl sites for hydroxylation is 1. The van der Waals surface area contributed by atoms with Crippen molar-refractivity contribution in [1.29, 1.82) is 0 Å². The van der Waals surface area contributed by atoms with Crippen molar-refractivity contribution in [1.82, 2.24) is 4.98 Å². The zero-order valence-corrected chi connectivity index (χ0v) is 12.3. The Morgan fingerprint density at radius 1 is 1.43 bits per heavy atom. The highest BCUT2D eigenvalue weighted by Crippen LogP contribution is 2.22. The largest absolute Gasteiger partial charge is 0.306 e. The maximum Gasteiger partial charge on any atom is 0.270 e. The third kappa shape index (κ3) is 3.40. The third-order valence-electron chi connectivity index (χ3n) is 2.66. The average Bonchev–Trinajstić information content (AvgIpc) is 2.41. The molecule has 0 saturated carbocycles. The Hall–Kier alpha value is -2.35. The molecule has 0 unspecified atom stereocenters. The minimum atomic E-state index is -0.801. The van der Waals surface area contributed by atoms with Gasteiger partial charge >= 0.3 is 0 Å². The van der Waals surface area contributed by atoms with E-state index in [1.54, 1.807) is 6.07 Å². The Bertz CT molecular complexity index is 737. The van der Waals surface area contributed by atoms with Gasteiger partial charge in [0.2, 0.25) is 0 Å². The van der Waals surface area contributed by atoms with Crippen LogP contribution in [0.5, 0.6) is 0 Å². The Morgan fingerprint density at radius 2 is 2.14 bits per heavy atom. The number of hydrogen-bond donors (Lipinski definition) is 1. The molecule has 1 amide bonds. The monoisotopic (exact) mass is 353 g/mol. The van der Waals surface area contributed by atoms with Gasteiger partial charge in [0.15, 0.2) is 0 Å². The normalized spacial score (nSPS) is 10.2. The number of nitrogens with one attached hydrogen (secondary N) is 1. The first-order chi connectivity index (χ1) is 9.88. The summed E-state index contributed by atoms with van der Waals surface area (Å²) >= 11 is 3.21. The predicted octanol–water partition coefficient (Wildman–Crippen LogP) is 3.45. The van der Waals surface area contributed by atoms with Crippen molar-refractivity contribution in [2.75, 3.05) is 5.32 Å². The van der Waals surface area contributed by atoms with Gasteiger partial charge in [-0.25, -0.2) is 9.37 Å². The lowest BCUT2D eigenvalue weighted by Gasteiger charge is -2.07. The molecule has 1 aromatic heterocycles. The highest BCUT2D eigenvalue weighted by molar-refractivity contribution is 9.10. The van der Waals surface area contributed by atoms with Gasteiger partial charge in [0, 0.05) is 22.8 Å². The number of halogens is 2. The third-order valence-corrected chi connectivity index (χ3v) is 3.15. The van der Waals surface area contributed by atoms with Gasteiger partial charge in [0.05, 0.1) is 10.5 Å². The van der Waals surface area contributed by atoms with Gasteiger partial charge in [-0.15, -0.1) is 0 Å². The van der Waals surface area contributed by atoms with Crippen molar-refractivity contribution in [3.8, 4) is 0 Å². The lowest BCUT2D eigenvalue weighted by atomic mass is 10.1. The minimum absolute atomic E-state index is 0.0246. The van der Waals surface area contributed by atoms with Crippen LogP contribution in [0.15, 0.2) is 34.9 Å². The second-order valence-electron chi connectivity index (χ2n) is 4.19. The number of benzene rings is 1.